The summed E-state index contributed by atoms with van der Waals surface area (Å²) in [5.74, 6) is 0. The number of nitrogens with one attached hydrogen (secondary N) is 1. The van der Waals surface area contributed by atoms with Crippen molar-refractivity contribution in [3.8, 4) is 0 Å². The molecule has 2 heteroatoms. The molecule has 0 saturated carbocycles. The van der Waals surface area contributed by atoms with E-state index < -0.39 is 0 Å². The summed E-state index contributed by atoms with van der Waals surface area (Å²) in [7, 11) is 0. The van der Waals surface area contributed by atoms with Gasteiger partial charge in [-0.3, -0.25) is 0 Å². The third-order valence-corrected chi connectivity index (χ3v) is 4.58. The van der Waals surface area contributed by atoms with Gasteiger partial charge in [-0.25, -0.2) is 0 Å². The molecule has 2 rings (SSSR count). The highest BCUT2D eigenvalue weighted by molar-refractivity contribution is 8.00. The van der Waals surface area contributed by atoms with E-state index in [9.17, 15) is 0 Å². The topological polar surface area (TPSA) is 12.0 Å². The second-order valence-corrected chi connectivity index (χ2v) is 6.13. The molecule has 2 unspecified atom stereocenters. The van der Waals surface area contributed by atoms with Gasteiger partial charge >= 0.3 is 0 Å². The van der Waals surface area contributed by atoms with Gasteiger partial charge in [0.15, 0.2) is 0 Å². The second-order valence-electron chi connectivity index (χ2n) is 4.68. The molecule has 0 saturated heterocycles. The first kappa shape index (κ1) is 13.4. The average molecular weight is 259 g/mol. The maximum absolute atomic E-state index is 3.48. The summed E-state index contributed by atoms with van der Waals surface area (Å²) < 4.78 is 0. The minimum absolute atomic E-state index is 0.534. The second kappa shape index (κ2) is 6.26. The minimum Gasteiger partial charge on any atom is -0.313 e. The van der Waals surface area contributed by atoms with E-state index in [2.05, 4.69) is 68.6 Å². The third kappa shape index (κ3) is 3.27. The summed E-state index contributed by atoms with van der Waals surface area (Å²) >= 11 is 1.94. The van der Waals surface area contributed by atoms with Crippen LogP contribution in [0.5, 0.6) is 0 Å². The molecule has 0 bridgehead atoms. The van der Waals surface area contributed by atoms with E-state index in [0.717, 1.165) is 6.54 Å². The molecule has 0 heterocycles. The fraction of sp³-hybridized carbons (Fsp3) is 0.375. The fourth-order valence-electron chi connectivity index (χ4n) is 2.05. The molecule has 2 aromatic carbocycles. The normalized spacial score (nSPS) is 14.6. The van der Waals surface area contributed by atoms with E-state index in [-0.39, 0.29) is 0 Å². The number of rotatable bonds is 5. The molecule has 0 amide bonds. The maximum Gasteiger partial charge on any atom is 0.0217 e. The molecule has 0 aliphatic heterocycles. The molecule has 2 atom stereocenters. The van der Waals surface area contributed by atoms with Crippen LogP contribution >= 0.6 is 11.8 Å². The van der Waals surface area contributed by atoms with Crippen LogP contribution in [0.15, 0.2) is 47.4 Å². The van der Waals surface area contributed by atoms with Gasteiger partial charge in [-0.1, -0.05) is 44.2 Å². The lowest BCUT2D eigenvalue weighted by Crippen LogP contribution is -2.33. The Balaban J connectivity index is 2.12. The van der Waals surface area contributed by atoms with Gasteiger partial charge in [0.2, 0.25) is 0 Å². The van der Waals surface area contributed by atoms with Crippen molar-refractivity contribution in [2.24, 2.45) is 0 Å². The van der Waals surface area contributed by atoms with E-state index in [1.807, 2.05) is 11.8 Å². The van der Waals surface area contributed by atoms with Crippen LogP contribution in [0.1, 0.15) is 20.8 Å². The van der Waals surface area contributed by atoms with Crippen molar-refractivity contribution in [2.75, 3.05) is 6.54 Å². The number of thioether (sulfide) groups is 1. The van der Waals surface area contributed by atoms with Crippen LogP contribution in [0.4, 0.5) is 0 Å². The fourth-order valence-corrected chi connectivity index (χ4v) is 3.12. The molecule has 0 aliphatic rings. The van der Waals surface area contributed by atoms with Crippen molar-refractivity contribution in [1.82, 2.24) is 5.32 Å². The van der Waals surface area contributed by atoms with E-state index in [1.165, 1.54) is 15.7 Å². The zero-order valence-corrected chi connectivity index (χ0v) is 12.1. The summed E-state index contributed by atoms with van der Waals surface area (Å²) in [5.41, 5.74) is 0. The average Bonchev–Trinajstić information content (AvgIpc) is 2.39. The number of hydrogen-bond acceptors (Lipinski definition) is 2. The van der Waals surface area contributed by atoms with Crippen molar-refractivity contribution in [2.45, 2.75) is 37.0 Å². The summed E-state index contributed by atoms with van der Waals surface area (Å²) in [6.45, 7) is 7.73. The highest BCUT2D eigenvalue weighted by Crippen LogP contribution is 2.28. The standard InChI is InChI=1S/C16H21NS/c1-4-17-12(2)13(3)18-16-10-9-14-7-5-6-8-15(14)11-16/h5-13,17H,4H2,1-3H3. The lowest BCUT2D eigenvalue weighted by atomic mass is 10.1. The summed E-state index contributed by atoms with van der Waals surface area (Å²) in [6, 6.07) is 15.8. The molecule has 18 heavy (non-hydrogen) atoms. The SMILES string of the molecule is CCNC(C)C(C)Sc1ccc2ccccc2c1. The van der Waals surface area contributed by atoms with Crippen molar-refractivity contribution < 1.29 is 0 Å². The number of fused-ring (bicyclic) bond motifs is 1. The van der Waals surface area contributed by atoms with E-state index in [1.54, 1.807) is 0 Å². The molecule has 0 spiro atoms. The lowest BCUT2D eigenvalue weighted by Gasteiger charge is -2.20. The quantitative estimate of drug-likeness (QED) is 0.803. The van der Waals surface area contributed by atoms with Crippen molar-refractivity contribution in [3.05, 3.63) is 42.5 Å². The van der Waals surface area contributed by atoms with Gasteiger partial charge in [0.1, 0.15) is 0 Å². The number of hydrogen-bond donors (Lipinski definition) is 1. The van der Waals surface area contributed by atoms with Gasteiger partial charge in [0.25, 0.3) is 0 Å². The van der Waals surface area contributed by atoms with Crippen molar-refractivity contribution in [1.29, 1.82) is 0 Å². The molecule has 0 fully saturated rings. The Bertz CT molecular complexity index is 509. The largest absolute Gasteiger partial charge is 0.313 e. The summed E-state index contributed by atoms with van der Waals surface area (Å²) in [6.07, 6.45) is 0. The smallest absolute Gasteiger partial charge is 0.0217 e. The molecule has 1 nitrogen and oxygen atoms in total. The lowest BCUT2D eigenvalue weighted by molar-refractivity contribution is 0.563. The van der Waals surface area contributed by atoms with Crippen LogP contribution in [-0.4, -0.2) is 17.8 Å². The molecule has 0 aliphatic carbocycles. The molecule has 0 aromatic heterocycles. The maximum atomic E-state index is 3.48. The van der Waals surface area contributed by atoms with Gasteiger partial charge in [0.05, 0.1) is 0 Å². The van der Waals surface area contributed by atoms with Gasteiger partial charge in [-0.15, -0.1) is 11.8 Å². The van der Waals surface area contributed by atoms with Gasteiger partial charge in [0, 0.05) is 16.2 Å². The molecule has 96 valence electrons. The Labute approximate surface area is 114 Å². The van der Waals surface area contributed by atoms with E-state index in [4.69, 9.17) is 0 Å². The van der Waals surface area contributed by atoms with Crippen LogP contribution in [0, 0.1) is 0 Å². The third-order valence-electron chi connectivity index (χ3n) is 3.27. The molecule has 1 N–H and O–H groups in total. The van der Waals surface area contributed by atoms with Crippen LogP contribution < -0.4 is 5.32 Å². The Morgan fingerprint density at radius 2 is 1.78 bits per heavy atom. The summed E-state index contributed by atoms with van der Waals surface area (Å²) in [4.78, 5) is 1.35. The molecule has 2 aromatic rings. The Hall–Kier alpha value is -0.990. The summed E-state index contributed by atoms with van der Waals surface area (Å²) in [5, 5.41) is 6.70. The molecular formula is C16H21NS. The van der Waals surface area contributed by atoms with E-state index in [0.29, 0.717) is 11.3 Å². The van der Waals surface area contributed by atoms with Crippen LogP contribution in [0.3, 0.4) is 0 Å². The van der Waals surface area contributed by atoms with E-state index >= 15 is 0 Å². The minimum atomic E-state index is 0.534. The first-order valence-electron chi connectivity index (χ1n) is 6.59. The first-order chi connectivity index (χ1) is 8.70. The van der Waals surface area contributed by atoms with Crippen molar-refractivity contribution in [3.63, 3.8) is 0 Å². The zero-order valence-electron chi connectivity index (χ0n) is 11.3. The monoisotopic (exact) mass is 259 g/mol. The van der Waals surface area contributed by atoms with Crippen LogP contribution in [0.2, 0.25) is 0 Å². The molecular weight excluding hydrogens is 238 g/mol. The highest BCUT2D eigenvalue weighted by Gasteiger charge is 2.12. The Morgan fingerprint density at radius 3 is 2.50 bits per heavy atom. The first-order valence-corrected chi connectivity index (χ1v) is 7.47. The van der Waals surface area contributed by atoms with Gasteiger partial charge in [-0.2, -0.15) is 0 Å². The predicted molar refractivity (Wildman–Crippen MR) is 82.4 cm³/mol. The van der Waals surface area contributed by atoms with Crippen molar-refractivity contribution >= 4 is 22.5 Å². The highest BCUT2D eigenvalue weighted by atomic mass is 32.2. The Kier molecular flexibility index (Phi) is 4.67. The van der Waals surface area contributed by atoms with Gasteiger partial charge < -0.3 is 5.32 Å². The predicted octanol–water partition coefficient (Wildman–Crippen LogP) is 4.32. The Morgan fingerprint density at radius 1 is 1.06 bits per heavy atom. The molecule has 0 radical (unpaired) electrons. The zero-order chi connectivity index (χ0) is 13.0. The van der Waals surface area contributed by atoms with Crippen LogP contribution in [-0.2, 0) is 0 Å². The van der Waals surface area contributed by atoms with Crippen LogP contribution in [0.25, 0.3) is 10.8 Å². The number of benzene rings is 2. The van der Waals surface area contributed by atoms with Gasteiger partial charge in [-0.05, 0) is 36.4 Å².